The summed E-state index contributed by atoms with van der Waals surface area (Å²) in [6.07, 6.45) is 1.26. The minimum Gasteiger partial charge on any atom is -0.465 e. The van der Waals surface area contributed by atoms with Crippen molar-refractivity contribution in [3.63, 3.8) is 0 Å². The van der Waals surface area contributed by atoms with Crippen LogP contribution in [0.2, 0.25) is 0 Å². The monoisotopic (exact) mass is 359 g/mol. The average Bonchev–Trinajstić information content (AvgIpc) is 2.90. The van der Waals surface area contributed by atoms with Crippen molar-refractivity contribution >= 4 is 28.8 Å². The molecule has 1 aromatic rings. The zero-order valence-corrected chi connectivity index (χ0v) is 16.3. The van der Waals surface area contributed by atoms with Gasteiger partial charge in [-0.25, -0.2) is 0 Å². The summed E-state index contributed by atoms with van der Waals surface area (Å²) in [7, 11) is 0. The molecule has 0 bridgehead atoms. The number of nitrogens with zero attached hydrogens (tertiary/aromatic N) is 1. The number of hydrogen-bond acceptors (Lipinski definition) is 5. The SMILES string of the molecule is CCOC(=O)C1C(C)=NC2=C(C(=O)CC(C)(C)C2)[C@H]1c1ccc(C)s1. The van der Waals surface area contributed by atoms with E-state index >= 15 is 0 Å². The van der Waals surface area contributed by atoms with E-state index < -0.39 is 5.92 Å². The Morgan fingerprint density at radius 1 is 1.32 bits per heavy atom. The molecule has 2 heterocycles. The summed E-state index contributed by atoms with van der Waals surface area (Å²) in [6, 6.07) is 4.08. The second-order valence-corrected chi connectivity index (χ2v) is 9.03. The van der Waals surface area contributed by atoms with Crippen LogP contribution in [0.1, 0.15) is 56.2 Å². The molecular formula is C20H25NO3S. The molecule has 1 aliphatic carbocycles. The summed E-state index contributed by atoms with van der Waals surface area (Å²) >= 11 is 1.64. The predicted octanol–water partition coefficient (Wildman–Crippen LogP) is 4.44. The van der Waals surface area contributed by atoms with E-state index in [1.165, 1.54) is 4.88 Å². The number of hydrogen-bond donors (Lipinski definition) is 0. The number of thiophene rings is 1. The van der Waals surface area contributed by atoms with Gasteiger partial charge in [-0.15, -0.1) is 11.3 Å². The molecule has 1 aromatic heterocycles. The molecule has 5 heteroatoms. The van der Waals surface area contributed by atoms with Gasteiger partial charge >= 0.3 is 5.97 Å². The van der Waals surface area contributed by atoms with Gasteiger partial charge in [0.1, 0.15) is 5.92 Å². The predicted molar refractivity (Wildman–Crippen MR) is 100 cm³/mol. The first kappa shape index (κ1) is 18.1. The lowest BCUT2D eigenvalue weighted by Gasteiger charge is -2.38. The smallest absolute Gasteiger partial charge is 0.315 e. The van der Waals surface area contributed by atoms with Gasteiger partial charge in [0.2, 0.25) is 0 Å². The Hall–Kier alpha value is -1.75. The molecule has 0 saturated carbocycles. The fourth-order valence-corrected chi connectivity index (χ4v) is 4.94. The van der Waals surface area contributed by atoms with Gasteiger partial charge in [0.15, 0.2) is 5.78 Å². The number of allylic oxidation sites excluding steroid dienone is 2. The molecule has 2 atom stereocenters. The fourth-order valence-electron chi connectivity index (χ4n) is 3.91. The van der Waals surface area contributed by atoms with Gasteiger partial charge < -0.3 is 4.74 Å². The van der Waals surface area contributed by atoms with Crippen LogP contribution in [0.3, 0.4) is 0 Å². The van der Waals surface area contributed by atoms with E-state index in [4.69, 9.17) is 9.73 Å². The first-order valence-electron chi connectivity index (χ1n) is 8.78. The van der Waals surface area contributed by atoms with Gasteiger partial charge in [-0.1, -0.05) is 13.8 Å². The topological polar surface area (TPSA) is 55.7 Å². The van der Waals surface area contributed by atoms with Crippen molar-refractivity contribution in [2.75, 3.05) is 6.61 Å². The highest BCUT2D eigenvalue weighted by molar-refractivity contribution is 7.12. The van der Waals surface area contributed by atoms with Gasteiger partial charge in [0.05, 0.1) is 6.61 Å². The molecule has 1 aliphatic heterocycles. The number of aliphatic imine (C=N–C) groups is 1. The third kappa shape index (κ3) is 3.34. The van der Waals surface area contributed by atoms with Crippen molar-refractivity contribution in [3.8, 4) is 0 Å². The molecule has 0 N–H and O–H groups in total. The summed E-state index contributed by atoms with van der Waals surface area (Å²) in [5.41, 5.74) is 2.24. The maximum absolute atomic E-state index is 13.0. The van der Waals surface area contributed by atoms with Crippen molar-refractivity contribution < 1.29 is 14.3 Å². The van der Waals surface area contributed by atoms with Gasteiger partial charge in [0, 0.05) is 39.1 Å². The van der Waals surface area contributed by atoms with Crippen LogP contribution >= 0.6 is 11.3 Å². The first-order valence-corrected chi connectivity index (χ1v) is 9.59. The Kier molecular flexibility index (Phi) is 4.71. The van der Waals surface area contributed by atoms with E-state index in [0.717, 1.165) is 28.3 Å². The maximum Gasteiger partial charge on any atom is 0.315 e. The van der Waals surface area contributed by atoms with Crippen LogP contribution in [-0.2, 0) is 14.3 Å². The molecule has 134 valence electrons. The van der Waals surface area contributed by atoms with Crippen LogP contribution < -0.4 is 0 Å². The normalized spacial score (nSPS) is 25.5. The third-order valence-corrected chi connectivity index (χ3v) is 5.99. The lowest BCUT2D eigenvalue weighted by molar-refractivity contribution is -0.146. The number of carbonyl (C=O) groups is 2. The van der Waals surface area contributed by atoms with Crippen LogP contribution in [0.4, 0.5) is 0 Å². The summed E-state index contributed by atoms with van der Waals surface area (Å²) in [4.78, 5) is 32.6. The maximum atomic E-state index is 13.0. The van der Waals surface area contributed by atoms with Gasteiger partial charge in [0.25, 0.3) is 0 Å². The second-order valence-electron chi connectivity index (χ2n) is 7.71. The van der Waals surface area contributed by atoms with Crippen LogP contribution in [-0.4, -0.2) is 24.1 Å². The molecule has 4 nitrogen and oxygen atoms in total. The van der Waals surface area contributed by atoms with Crippen LogP contribution in [0.15, 0.2) is 28.4 Å². The summed E-state index contributed by atoms with van der Waals surface area (Å²) < 4.78 is 5.32. The Morgan fingerprint density at radius 2 is 2.04 bits per heavy atom. The molecule has 0 aromatic carbocycles. The third-order valence-electron chi connectivity index (χ3n) is 4.91. The van der Waals surface area contributed by atoms with Crippen molar-refractivity contribution in [2.24, 2.45) is 16.3 Å². The zero-order chi connectivity index (χ0) is 18.4. The molecule has 2 aliphatic rings. The number of Topliss-reactive ketones (excluding diaryl/α,β-unsaturated/α-hetero) is 1. The fraction of sp³-hybridized carbons (Fsp3) is 0.550. The van der Waals surface area contributed by atoms with E-state index in [2.05, 4.69) is 13.8 Å². The molecule has 0 amide bonds. The molecule has 1 unspecified atom stereocenters. The molecule has 0 fully saturated rings. The van der Waals surface area contributed by atoms with E-state index in [-0.39, 0.29) is 23.1 Å². The number of rotatable bonds is 3. The van der Waals surface area contributed by atoms with Gasteiger partial charge in [-0.2, -0.15) is 0 Å². The number of ether oxygens (including phenoxy) is 1. The molecular weight excluding hydrogens is 334 g/mol. The molecule has 25 heavy (non-hydrogen) atoms. The Morgan fingerprint density at radius 3 is 2.64 bits per heavy atom. The van der Waals surface area contributed by atoms with Crippen LogP contribution in [0.25, 0.3) is 0 Å². The Labute approximate surface area is 153 Å². The van der Waals surface area contributed by atoms with Crippen molar-refractivity contribution in [1.29, 1.82) is 0 Å². The molecule has 0 radical (unpaired) electrons. The van der Waals surface area contributed by atoms with Crippen LogP contribution in [0.5, 0.6) is 0 Å². The summed E-state index contributed by atoms with van der Waals surface area (Å²) in [5.74, 6) is -0.951. The number of aryl methyl sites for hydroxylation is 1. The lowest BCUT2D eigenvalue weighted by Crippen LogP contribution is -2.39. The Balaban J connectivity index is 2.15. The van der Waals surface area contributed by atoms with Gasteiger partial charge in [-0.05, 0) is 44.7 Å². The highest BCUT2D eigenvalue weighted by Crippen LogP contribution is 2.49. The quantitative estimate of drug-likeness (QED) is 0.750. The summed E-state index contributed by atoms with van der Waals surface area (Å²) in [5, 5.41) is 0. The zero-order valence-electron chi connectivity index (χ0n) is 15.5. The van der Waals surface area contributed by atoms with E-state index in [9.17, 15) is 9.59 Å². The summed E-state index contributed by atoms with van der Waals surface area (Å²) in [6.45, 7) is 10.2. The number of carbonyl (C=O) groups excluding carboxylic acids is 2. The van der Waals surface area contributed by atoms with E-state index in [1.54, 1.807) is 18.3 Å². The van der Waals surface area contributed by atoms with E-state index in [1.807, 2.05) is 26.0 Å². The number of ketones is 1. The average molecular weight is 359 g/mol. The number of esters is 1. The Bertz CT molecular complexity index is 785. The van der Waals surface area contributed by atoms with Gasteiger partial charge in [-0.3, -0.25) is 14.6 Å². The van der Waals surface area contributed by atoms with Crippen molar-refractivity contribution in [2.45, 2.75) is 53.4 Å². The standard InChI is InChI=1S/C20H25NO3S/c1-6-24-19(23)16-12(3)21-13-9-20(4,5)10-14(22)17(13)18(16)15-8-7-11(2)25-15/h7-8,16,18H,6,9-10H2,1-5H3/t16?,18-/m0/s1. The minimum atomic E-state index is -0.512. The first-order chi connectivity index (χ1) is 11.7. The van der Waals surface area contributed by atoms with Crippen molar-refractivity contribution in [1.82, 2.24) is 0 Å². The molecule has 3 rings (SSSR count). The highest BCUT2D eigenvalue weighted by atomic mass is 32.1. The second kappa shape index (κ2) is 6.52. The molecule has 0 saturated heterocycles. The van der Waals surface area contributed by atoms with Crippen LogP contribution in [0, 0.1) is 18.3 Å². The largest absolute Gasteiger partial charge is 0.465 e. The lowest BCUT2D eigenvalue weighted by atomic mass is 9.68. The van der Waals surface area contributed by atoms with E-state index in [0.29, 0.717) is 13.0 Å². The highest BCUT2D eigenvalue weighted by Gasteiger charge is 2.46. The van der Waals surface area contributed by atoms with Crippen molar-refractivity contribution in [3.05, 3.63) is 33.2 Å². The molecule has 0 spiro atoms. The minimum absolute atomic E-state index is 0.0909.